The highest BCUT2D eigenvalue weighted by Gasteiger charge is 2.34. The van der Waals surface area contributed by atoms with Crippen LogP contribution in [-0.2, 0) is 22.4 Å². The van der Waals surface area contributed by atoms with Crippen LogP contribution in [-0.4, -0.2) is 81.4 Å². The Balaban J connectivity index is 1.33. The van der Waals surface area contributed by atoms with Crippen molar-refractivity contribution in [3.05, 3.63) is 53.6 Å². The van der Waals surface area contributed by atoms with Gasteiger partial charge in [-0.1, -0.05) is 18.2 Å². The lowest BCUT2D eigenvalue weighted by molar-refractivity contribution is -0.935. The molecule has 2 aromatic carbocycles. The fourth-order valence-corrected chi connectivity index (χ4v) is 5.05. The third-order valence-electron chi connectivity index (χ3n) is 6.99. The van der Waals surface area contributed by atoms with E-state index in [1.807, 2.05) is 42.5 Å². The number of quaternary nitrogens is 1. The minimum absolute atomic E-state index is 0.0513. The number of methoxy groups -OCH3 is 1. The highest BCUT2D eigenvalue weighted by molar-refractivity contribution is 5.76. The number of nitrogens with one attached hydrogen (secondary N) is 1. The molecule has 0 saturated carbocycles. The lowest BCUT2D eigenvalue weighted by Gasteiger charge is -2.35. The van der Waals surface area contributed by atoms with E-state index in [2.05, 4.69) is 5.32 Å². The van der Waals surface area contributed by atoms with Crippen molar-refractivity contribution in [2.45, 2.75) is 38.1 Å². The number of fused-ring (bicyclic) bond motifs is 1. The topological polar surface area (TPSA) is 86.3 Å². The first-order valence-electron chi connectivity index (χ1n) is 12.9. The normalized spacial score (nSPS) is 16.9. The molecule has 1 saturated heterocycles. The van der Waals surface area contributed by atoms with Gasteiger partial charge in [-0.25, -0.2) is 0 Å². The van der Waals surface area contributed by atoms with Gasteiger partial charge in [0.25, 0.3) is 0 Å². The standard InChI is InChI=1S/C28H38N2O6/c1-33-14-10-22-4-7-25(8-5-22)34-15-11-28(32)29-24(20-30(21-31)12-2-3-13-30)18-23-6-9-26-27(19-23)36-17-16-35-26/h4-9,19,24,31H,2-3,10-18,20-21H2,1H3/p+1/t24-/m0/s1. The molecule has 0 unspecified atom stereocenters. The maximum absolute atomic E-state index is 12.9. The molecule has 1 fully saturated rings. The van der Waals surface area contributed by atoms with Gasteiger partial charge in [-0.2, -0.15) is 0 Å². The molecule has 0 radical (unpaired) electrons. The van der Waals surface area contributed by atoms with Crippen LogP contribution >= 0.6 is 0 Å². The monoisotopic (exact) mass is 499 g/mol. The first-order valence-corrected chi connectivity index (χ1v) is 12.9. The Morgan fingerprint density at radius 1 is 1.03 bits per heavy atom. The number of carbonyl (C=O) groups is 1. The van der Waals surface area contributed by atoms with E-state index in [-0.39, 0.29) is 25.1 Å². The number of likely N-dealkylation sites (tertiary alicyclic amines) is 1. The number of ether oxygens (including phenoxy) is 4. The molecular formula is C28H39N2O6+. The second-order valence-electron chi connectivity index (χ2n) is 9.75. The van der Waals surface area contributed by atoms with Gasteiger partial charge in [0.1, 0.15) is 25.5 Å². The van der Waals surface area contributed by atoms with Crippen molar-refractivity contribution in [2.75, 3.05) is 59.9 Å². The number of benzene rings is 2. The average molecular weight is 500 g/mol. The molecule has 0 aliphatic carbocycles. The highest BCUT2D eigenvalue weighted by Crippen LogP contribution is 2.31. The van der Waals surface area contributed by atoms with Crippen molar-refractivity contribution in [3.63, 3.8) is 0 Å². The van der Waals surface area contributed by atoms with Gasteiger partial charge in [0.05, 0.1) is 38.8 Å². The van der Waals surface area contributed by atoms with Crippen LogP contribution in [0.25, 0.3) is 0 Å². The summed E-state index contributed by atoms with van der Waals surface area (Å²) in [5, 5.41) is 13.4. The number of rotatable bonds is 13. The molecule has 2 N–H and O–H groups in total. The number of nitrogens with zero attached hydrogens (tertiary/aromatic N) is 1. The smallest absolute Gasteiger partial charge is 0.223 e. The van der Waals surface area contributed by atoms with E-state index < -0.39 is 0 Å². The first kappa shape index (κ1) is 26.3. The van der Waals surface area contributed by atoms with Crippen LogP contribution in [0.15, 0.2) is 42.5 Å². The van der Waals surface area contributed by atoms with E-state index in [0.717, 1.165) is 55.2 Å². The molecule has 2 heterocycles. The molecular weight excluding hydrogens is 460 g/mol. The summed E-state index contributed by atoms with van der Waals surface area (Å²) in [5.74, 6) is 2.20. The summed E-state index contributed by atoms with van der Waals surface area (Å²) < 4.78 is 22.9. The molecule has 2 aromatic rings. The van der Waals surface area contributed by atoms with Crippen molar-refractivity contribution in [2.24, 2.45) is 0 Å². The Kier molecular flexibility index (Phi) is 9.44. The zero-order valence-corrected chi connectivity index (χ0v) is 21.2. The molecule has 2 aliphatic rings. The molecule has 8 nitrogen and oxygen atoms in total. The van der Waals surface area contributed by atoms with Gasteiger partial charge < -0.3 is 29.4 Å². The van der Waals surface area contributed by atoms with E-state index >= 15 is 0 Å². The summed E-state index contributed by atoms with van der Waals surface area (Å²) in [5.41, 5.74) is 2.26. The molecule has 0 bridgehead atoms. The van der Waals surface area contributed by atoms with Crippen LogP contribution in [0.4, 0.5) is 0 Å². The van der Waals surface area contributed by atoms with E-state index in [1.54, 1.807) is 7.11 Å². The van der Waals surface area contributed by atoms with E-state index in [1.165, 1.54) is 5.56 Å². The van der Waals surface area contributed by atoms with Gasteiger partial charge in [0.15, 0.2) is 18.2 Å². The average Bonchev–Trinajstić information content (AvgIpc) is 3.37. The Morgan fingerprint density at radius 2 is 1.75 bits per heavy atom. The quantitative estimate of drug-likeness (QED) is 0.412. The van der Waals surface area contributed by atoms with Gasteiger partial charge in [0, 0.05) is 20.0 Å². The molecule has 1 atom stereocenters. The summed E-state index contributed by atoms with van der Waals surface area (Å²) in [6.07, 6.45) is 3.98. The largest absolute Gasteiger partial charge is 0.493 e. The number of amides is 1. The van der Waals surface area contributed by atoms with E-state index in [0.29, 0.717) is 43.9 Å². The lowest BCUT2D eigenvalue weighted by atomic mass is 10.0. The number of aliphatic hydroxyl groups is 1. The molecule has 4 rings (SSSR count). The Morgan fingerprint density at radius 3 is 2.47 bits per heavy atom. The van der Waals surface area contributed by atoms with Crippen LogP contribution in [0.2, 0.25) is 0 Å². The van der Waals surface area contributed by atoms with Gasteiger partial charge >= 0.3 is 0 Å². The molecule has 196 valence electrons. The molecule has 1 amide bonds. The van der Waals surface area contributed by atoms with Crippen LogP contribution < -0.4 is 19.5 Å². The van der Waals surface area contributed by atoms with Crippen molar-refractivity contribution in [3.8, 4) is 17.2 Å². The summed E-state index contributed by atoms with van der Waals surface area (Å²) in [7, 11) is 1.69. The Bertz CT molecular complexity index is 975. The van der Waals surface area contributed by atoms with E-state index in [4.69, 9.17) is 18.9 Å². The number of aliphatic hydroxyl groups excluding tert-OH is 1. The Labute approximate surface area is 213 Å². The van der Waals surface area contributed by atoms with Gasteiger partial charge in [-0.05, 0) is 48.2 Å². The second kappa shape index (κ2) is 12.9. The first-order chi connectivity index (χ1) is 17.6. The summed E-state index contributed by atoms with van der Waals surface area (Å²) in [4.78, 5) is 12.9. The third kappa shape index (κ3) is 7.35. The molecule has 0 aromatic heterocycles. The summed E-state index contributed by atoms with van der Waals surface area (Å²) in [6, 6.07) is 13.7. The van der Waals surface area contributed by atoms with E-state index in [9.17, 15) is 9.90 Å². The fourth-order valence-electron chi connectivity index (χ4n) is 5.05. The number of hydrogen-bond donors (Lipinski definition) is 2. The molecule has 8 heteroatoms. The maximum atomic E-state index is 12.9. The SMILES string of the molecule is COCCc1ccc(OCCC(=O)N[C@@H](Cc2ccc3c(c2)OCCO3)C[N+]2(CO)CCCC2)cc1. The van der Waals surface area contributed by atoms with Crippen molar-refractivity contribution in [1.82, 2.24) is 5.32 Å². The number of hydrogen-bond acceptors (Lipinski definition) is 6. The lowest BCUT2D eigenvalue weighted by Crippen LogP contribution is -2.55. The maximum Gasteiger partial charge on any atom is 0.223 e. The zero-order valence-electron chi connectivity index (χ0n) is 21.2. The zero-order chi connectivity index (χ0) is 25.2. The number of carbonyl (C=O) groups excluding carboxylic acids is 1. The predicted molar refractivity (Wildman–Crippen MR) is 136 cm³/mol. The van der Waals surface area contributed by atoms with Crippen LogP contribution in [0.1, 0.15) is 30.4 Å². The predicted octanol–water partition coefficient (Wildman–Crippen LogP) is 2.70. The molecule has 0 spiro atoms. The third-order valence-corrected chi connectivity index (χ3v) is 6.99. The van der Waals surface area contributed by atoms with Crippen LogP contribution in [0.3, 0.4) is 0 Å². The molecule has 36 heavy (non-hydrogen) atoms. The summed E-state index contributed by atoms with van der Waals surface area (Å²) in [6.45, 7) is 4.75. The summed E-state index contributed by atoms with van der Waals surface area (Å²) >= 11 is 0. The van der Waals surface area contributed by atoms with Gasteiger partial charge in [-0.3, -0.25) is 9.28 Å². The minimum atomic E-state index is -0.106. The van der Waals surface area contributed by atoms with Crippen LogP contribution in [0.5, 0.6) is 17.2 Å². The van der Waals surface area contributed by atoms with Gasteiger partial charge in [-0.15, -0.1) is 0 Å². The van der Waals surface area contributed by atoms with Crippen LogP contribution in [0, 0.1) is 0 Å². The molecule has 2 aliphatic heterocycles. The van der Waals surface area contributed by atoms with Crippen molar-refractivity contribution < 1.29 is 33.3 Å². The van der Waals surface area contributed by atoms with Gasteiger partial charge in [0.2, 0.25) is 5.91 Å². The second-order valence-corrected chi connectivity index (χ2v) is 9.75. The van der Waals surface area contributed by atoms with Crippen molar-refractivity contribution in [1.29, 1.82) is 0 Å². The van der Waals surface area contributed by atoms with Crippen molar-refractivity contribution >= 4 is 5.91 Å². The Hall–Kier alpha value is -2.81. The minimum Gasteiger partial charge on any atom is -0.493 e. The fraction of sp³-hybridized carbons (Fsp3) is 0.536. The highest BCUT2D eigenvalue weighted by atomic mass is 16.6.